The highest BCUT2D eigenvalue weighted by Crippen LogP contribution is 2.28. The maximum Gasteiger partial charge on any atom is 0.408 e. The minimum absolute atomic E-state index is 0.262. The summed E-state index contributed by atoms with van der Waals surface area (Å²) in [6.07, 6.45) is 0.109. The second-order valence-corrected chi connectivity index (χ2v) is 7.37. The number of nitrogens with zero attached hydrogens (tertiary/aromatic N) is 2. The molecule has 2 heterocycles. The second-order valence-electron chi connectivity index (χ2n) is 7.37. The van der Waals surface area contributed by atoms with Crippen LogP contribution in [0.1, 0.15) is 40.5 Å². The predicted octanol–water partition coefficient (Wildman–Crippen LogP) is -0.295. The van der Waals surface area contributed by atoms with Crippen LogP contribution in [0.4, 0.5) is 9.59 Å². The molecule has 3 unspecified atom stereocenters. The zero-order valence-electron chi connectivity index (χ0n) is 15.2. The molecule has 2 saturated heterocycles. The van der Waals surface area contributed by atoms with Crippen molar-refractivity contribution >= 4 is 23.9 Å². The molecule has 0 aromatic rings. The SMILES string of the molecule is CC(NC(=O)OC(C)(C)C)C(=O)NNC(=O)C1CCC2CN1C(=O)N2O. The molecule has 3 atom stereocenters. The molecule has 0 aromatic heterocycles. The minimum atomic E-state index is -0.942. The van der Waals surface area contributed by atoms with Gasteiger partial charge in [-0.25, -0.2) is 14.7 Å². The van der Waals surface area contributed by atoms with Crippen molar-refractivity contribution in [3.8, 4) is 0 Å². The third-order valence-corrected chi connectivity index (χ3v) is 4.08. The Morgan fingerprint density at radius 3 is 2.50 bits per heavy atom. The normalized spacial score (nSPS) is 23.3. The summed E-state index contributed by atoms with van der Waals surface area (Å²) in [5.74, 6) is -1.21. The van der Waals surface area contributed by atoms with Gasteiger partial charge in [-0.05, 0) is 40.5 Å². The summed E-state index contributed by atoms with van der Waals surface area (Å²) in [5.41, 5.74) is 3.76. The average Bonchev–Trinajstić information content (AvgIpc) is 2.75. The summed E-state index contributed by atoms with van der Waals surface area (Å²) in [7, 11) is 0. The Bertz CT molecular complexity index is 604. The number of hydrazine groups is 1. The molecule has 11 heteroatoms. The van der Waals surface area contributed by atoms with Gasteiger partial charge in [0.05, 0.1) is 6.04 Å². The number of carbonyl (C=O) groups is 4. The number of hydrogen-bond acceptors (Lipinski definition) is 6. The summed E-state index contributed by atoms with van der Waals surface area (Å²) in [6.45, 7) is 6.78. The first kappa shape index (κ1) is 19.8. The summed E-state index contributed by atoms with van der Waals surface area (Å²) < 4.78 is 5.04. The van der Waals surface area contributed by atoms with Gasteiger partial charge in [0.1, 0.15) is 17.7 Å². The number of hydrogen-bond donors (Lipinski definition) is 4. The van der Waals surface area contributed by atoms with Crippen molar-refractivity contribution in [3.05, 3.63) is 0 Å². The molecule has 0 aliphatic carbocycles. The van der Waals surface area contributed by atoms with E-state index in [4.69, 9.17) is 4.74 Å². The number of amides is 5. The van der Waals surface area contributed by atoms with E-state index in [1.165, 1.54) is 11.8 Å². The van der Waals surface area contributed by atoms with Gasteiger partial charge in [0.25, 0.3) is 11.8 Å². The molecule has 11 nitrogen and oxygen atoms in total. The molecule has 2 fully saturated rings. The number of nitrogens with one attached hydrogen (secondary N) is 3. The van der Waals surface area contributed by atoms with Crippen molar-refractivity contribution in [3.63, 3.8) is 0 Å². The molecule has 0 radical (unpaired) electrons. The molecule has 0 spiro atoms. The molecule has 26 heavy (non-hydrogen) atoms. The number of carbonyl (C=O) groups excluding carboxylic acids is 4. The van der Waals surface area contributed by atoms with Crippen molar-refractivity contribution in [2.75, 3.05) is 6.54 Å². The highest BCUT2D eigenvalue weighted by atomic mass is 16.6. The van der Waals surface area contributed by atoms with Crippen LogP contribution in [0.15, 0.2) is 0 Å². The van der Waals surface area contributed by atoms with E-state index in [0.29, 0.717) is 17.9 Å². The fourth-order valence-corrected chi connectivity index (χ4v) is 2.79. The third kappa shape index (κ3) is 4.54. The second kappa shape index (κ2) is 7.36. The van der Waals surface area contributed by atoms with E-state index in [2.05, 4.69) is 16.2 Å². The van der Waals surface area contributed by atoms with Crippen LogP contribution in [0.3, 0.4) is 0 Å². The number of piperidine rings is 1. The van der Waals surface area contributed by atoms with E-state index in [-0.39, 0.29) is 12.6 Å². The van der Waals surface area contributed by atoms with Gasteiger partial charge in [-0.1, -0.05) is 0 Å². The Morgan fingerprint density at radius 2 is 1.88 bits per heavy atom. The Balaban J connectivity index is 1.80. The molecule has 0 saturated carbocycles. The first-order valence-corrected chi connectivity index (χ1v) is 8.37. The molecule has 2 aliphatic heterocycles. The molecule has 4 N–H and O–H groups in total. The van der Waals surface area contributed by atoms with Crippen LogP contribution in [-0.2, 0) is 14.3 Å². The molecular weight excluding hydrogens is 346 g/mol. The minimum Gasteiger partial charge on any atom is -0.444 e. The quantitative estimate of drug-likeness (QED) is 0.397. The number of hydroxylamine groups is 2. The van der Waals surface area contributed by atoms with E-state index >= 15 is 0 Å². The van der Waals surface area contributed by atoms with Crippen LogP contribution in [-0.4, -0.2) is 69.4 Å². The topological polar surface area (TPSA) is 140 Å². The summed E-state index contributed by atoms with van der Waals surface area (Å²) in [4.78, 5) is 49.0. The fourth-order valence-electron chi connectivity index (χ4n) is 2.79. The lowest BCUT2D eigenvalue weighted by Crippen LogP contribution is -2.57. The van der Waals surface area contributed by atoms with Crippen molar-refractivity contribution in [1.29, 1.82) is 0 Å². The van der Waals surface area contributed by atoms with E-state index < -0.39 is 41.6 Å². The first-order valence-electron chi connectivity index (χ1n) is 8.37. The van der Waals surface area contributed by atoms with Gasteiger partial charge in [0.15, 0.2) is 0 Å². The summed E-state index contributed by atoms with van der Waals surface area (Å²) in [5, 5.41) is 12.6. The first-order chi connectivity index (χ1) is 12.0. The van der Waals surface area contributed by atoms with Gasteiger partial charge in [0.2, 0.25) is 0 Å². The van der Waals surface area contributed by atoms with E-state index in [0.717, 1.165) is 0 Å². The number of rotatable bonds is 3. The van der Waals surface area contributed by atoms with Crippen molar-refractivity contribution in [1.82, 2.24) is 26.1 Å². The monoisotopic (exact) mass is 371 g/mol. The smallest absolute Gasteiger partial charge is 0.408 e. The Labute approximate surface area is 150 Å². The molecule has 2 aliphatic rings. The molecule has 2 rings (SSSR count). The van der Waals surface area contributed by atoms with Crippen LogP contribution < -0.4 is 16.2 Å². The molecule has 2 bridgehead atoms. The van der Waals surface area contributed by atoms with Crippen molar-refractivity contribution in [2.24, 2.45) is 0 Å². The lowest BCUT2D eigenvalue weighted by atomic mass is 10.0. The van der Waals surface area contributed by atoms with Crippen molar-refractivity contribution < 1.29 is 29.1 Å². The zero-order valence-corrected chi connectivity index (χ0v) is 15.2. The standard InChI is InChI=1S/C15H25N5O6/c1-8(16-13(23)26-15(2,3)4)11(21)17-18-12(22)10-6-5-9-7-19(10)14(24)20(9)25/h8-10,25H,5-7H2,1-4H3,(H,16,23)(H,17,21)(H,18,22). The van der Waals surface area contributed by atoms with Crippen molar-refractivity contribution in [2.45, 2.75) is 64.3 Å². The lowest BCUT2D eigenvalue weighted by Gasteiger charge is -2.29. The number of urea groups is 1. The Kier molecular flexibility index (Phi) is 5.59. The van der Waals surface area contributed by atoms with E-state index in [1.54, 1.807) is 20.8 Å². The van der Waals surface area contributed by atoms with Gasteiger partial charge in [-0.15, -0.1) is 0 Å². The van der Waals surface area contributed by atoms with Crippen LogP contribution in [0.25, 0.3) is 0 Å². The number of ether oxygens (including phenoxy) is 1. The molecule has 0 aromatic carbocycles. The lowest BCUT2D eigenvalue weighted by molar-refractivity contribution is -0.132. The summed E-state index contributed by atoms with van der Waals surface area (Å²) in [6, 6.07) is -2.65. The average molecular weight is 371 g/mol. The number of fused-ring (bicyclic) bond motifs is 2. The van der Waals surface area contributed by atoms with Gasteiger partial charge in [0, 0.05) is 6.54 Å². The van der Waals surface area contributed by atoms with Crippen LogP contribution in [0, 0.1) is 0 Å². The van der Waals surface area contributed by atoms with Gasteiger partial charge >= 0.3 is 12.1 Å². The highest BCUT2D eigenvalue weighted by Gasteiger charge is 2.46. The molecule has 146 valence electrons. The zero-order chi connectivity index (χ0) is 19.6. The van der Waals surface area contributed by atoms with Crippen LogP contribution in [0.5, 0.6) is 0 Å². The van der Waals surface area contributed by atoms with Gasteiger partial charge in [-0.2, -0.15) is 0 Å². The largest absolute Gasteiger partial charge is 0.444 e. The molecular formula is C15H25N5O6. The van der Waals surface area contributed by atoms with Crippen LogP contribution in [0.2, 0.25) is 0 Å². The van der Waals surface area contributed by atoms with E-state index in [1.807, 2.05) is 0 Å². The maximum atomic E-state index is 12.2. The molecule has 5 amide bonds. The maximum absolute atomic E-state index is 12.2. The fraction of sp³-hybridized carbons (Fsp3) is 0.733. The predicted molar refractivity (Wildman–Crippen MR) is 87.7 cm³/mol. The van der Waals surface area contributed by atoms with Gasteiger partial charge < -0.3 is 15.0 Å². The Hall–Kier alpha value is -2.56. The highest BCUT2D eigenvalue weighted by molar-refractivity contribution is 5.91. The Morgan fingerprint density at radius 1 is 1.23 bits per heavy atom. The third-order valence-electron chi connectivity index (χ3n) is 4.08. The van der Waals surface area contributed by atoms with E-state index in [9.17, 15) is 24.4 Å². The summed E-state index contributed by atoms with van der Waals surface area (Å²) >= 11 is 0. The van der Waals surface area contributed by atoms with Gasteiger partial charge in [-0.3, -0.25) is 25.6 Å². The number of alkyl carbamates (subject to hydrolysis) is 1. The van der Waals surface area contributed by atoms with Crippen LogP contribution >= 0.6 is 0 Å².